The molecule has 6 heteroatoms. The molecule has 0 unspecified atom stereocenters. The number of nitrogen functional groups attached to an aromatic ring is 1. The van der Waals surface area contributed by atoms with Crippen molar-refractivity contribution in [1.29, 1.82) is 0 Å². The van der Waals surface area contributed by atoms with E-state index in [0.717, 1.165) is 27.5 Å². The lowest BCUT2D eigenvalue weighted by atomic mass is 10.3. The van der Waals surface area contributed by atoms with Crippen LogP contribution in [0.4, 0.5) is 16.6 Å². The van der Waals surface area contributed by atoms with E-state index >= 15 is 0 Å². The lowest BCUT2D eigenvalue weighted by Gasteiger charge is -2.04. The van der Waals surface area contributed by atoms with Gasteiger partial charge in [0.2, 0.25) is 0 Å². The number of thiazole rings is 1. The van der Waals surface area contributed by atoms with E-state index in [1.54, 1.807) is 17.5 Å². The zero-order chi connectivity index (χ0) is 12.4. The molecule has 90 valence electrons. The van der Waals surface area contributed by atoms with Crippen LogP contribution in [-0.4, -0.2) is 9.97 Å². The Morgan fingerprint density at radius 2 is 2.29 bits per heavy atom. The van der Waals surface area contributed by atoms with Crippen LogP contribution in [0.15, 0.2) is 16.7 Å². The Morgan fingerprint density at radius 1 is 1.53 bits per heavy atom. The Balaban J connectivity index is 2.25. The maximum absolute atomic E-state index is 5.64. The van der Waals surface area contributed by atoms with Gasteiger partial charge < -0.3 is 11.1 Å². The molecule has 2 rings (SSSR count). The highest BCUT2D eigenvalue weighted by atomic mass is 79.9. The van der Waals surface area contributed by atoms with Crippen LogP contribution in [0.2, 0.25) is 0 Å². The molecule has 2 heterocycles. The zero-order valence-electron chi connectivity index (χ0n) is 9.62. The summed E-state index contributed by atoms with van der Waals surface area (Å²) in [5.74, 6) is 0.732. The van der Waals surface area contributed by atoms with Gasteiger partial charge in [-0.05, 0) is 35.3 Å². The first-order valence-corrected chi connectivity index (χ1v) is 6.85. The van der Waals surface area contributed by atoms with E-state index in [9.17, 15) is 0 Å². The van der Waals surface area contributed by atoms with Crippen molar-refractivity contribution in [3.8, 4) is 0 Å². The highest BCUT2D eigenvalue weighted by Gasteiger charge is 2.08. The Bertz CT molecular complexity index is 538. The van der Waals surface area contributed by atoms with Crippen molar-refractivity contribution < 1.29 is 0 Å². The van der Waals surface area contributed by atoms with Gasteiger partial charge in [0.1, 0.15) is 5.82 Å². The number of rotatable bonds is 3. The predicted molar refractivity (Wildman–Crippen MR) is 75.9 cm³/mol. The number of nitrogens with zero attached hydrogens (tertiary/aromatic N) is 2. The third-order valence-corrected chi connectivity index (χ3v) is 3.85. The molecule has 0 bridgehead atoms. The fourth-order valence-corrected chi connectivity index (χ4v) is 2.82. The third-order valence-electron chi connectivity index (χ3n) is 2.32. The fourth-order valence-electron chi connectivity index (χ4n) is 1.46. The van der Waals surface area contributed by atoms with Gasteiger partial charge in [0.25, 0.3) is 0 Å². The average molecular weight is 313 g/mol. The first-order chi connectivity index (χ1) is 8.10. The highest BCUT2D eigenvalue weighted by molar-refractivity contribution is 9.10. The van der Waals surface area contributed by atoms with Gasteiger partial charge in [0.15, 0.2) is 5.13 Å². The van der Waals surface area contributed by atoms with Gasteiger partial charge in [0.05, 0.1) is 22.1 Å². The normalized spacial score (nSPS) is 10.5. The molecule has 17 heavy (non-hydrogen) atoms. The second kappa shape index (κ2) is 5.01. The first kappa shape index (κ1) is 12.3. The number of pyridine rings is 1. The molecule has 0 aliphatic heterocycles. The van der Waals surface area contributed by atoms with E-state index in [2.05, 4.69) is 45.1 Å². The molecule has 0 saturated carbocycles. The molecule has 4 nitrogen and oxygen atoms in total. The number of aromatic nitrogens is 2. The molecule has 2 aromatic rings. The van der Waals surface area contributed by atoms with E-state index < -0.39 is 0 Å². The van der Waals surface area contributed by atoms with Crippen LogP contribution in [0.3, 0.4) is 0 Å². The van der Waals surface area contributed by atoms with Crippen LogP contribution in [0.5, 0.6) is 0 Å². The van der Waals surface area contributed by atoms with E-state index in [4.69, 9.17) is 5.73 Å². The van der Waals surface area contributed by atoms with E-state index in [1.165, 1.54) is 4.88 Å². The van der Waals surface area contributed by atoms with Crippen molar-refractivity contribution in [2.45, 2.75) is 20.3 Å². The smallest absolute Gasteiger partial charge is 0.188 e. The van der Waals surface area contributed by atoms with Crippen molar-refractivity contribution in [1.82, 2.24) is 9.97 Å². The Morgan fingerprint density at radius 3 is 2.88 bits per heavy atom. The molecule has 0 saturated heterocycles. The maximum atomic E-state index is 5.64. The van der Waals surface area contributed by atoms with Crippen LogP contribution in [-0.2, 0) is 6.42 Å². The molecule has 0 spiro atoms. The second-order valence-electron chi connectivity index (χ2n) is 3.60. The van der Waals surface area contributed by atoms with Crippen LogP contribution in [0, 0.1) is 6.92 Å². The molecule has 0 radical (unpaired) electrons. The predicted octanol–water partition coefficient (Wildman–Crippen LogP) is 3.50. The molecule has 2 aromatic heterocycles. The van der Waals surface area contributed by atoms with Crippen LogP contribution < -0.4 is 11.1 Å². The number of nitrogens with one attached hydrogen (secondary N) is 1. The number of anilines is 3. The summed E-state index contributed by atoms with van der Waals surface area (Å²) in [5.41, 5.74) is 7.40. The van der Waals surface area contributed by atoms with Gasteiger partial charge in [-0.15, -0.1) is 11.3 Å². The summed E-state index contributed by atoms with van der Waals surface area (Å²) in [5, 5.41) is 4.05. The standard InChI is InChI=1S/C11H13BrN4S/c1-3-9-6(2)17-11(15-9)16-10-8(12)4-7(13)5-14-10/h4-5H,3,13H2,1-2H3,(H,14,15,16). The van der Waals surface area contributed by atoms with Crippen molar-refractivity contribution in [2.24, 2.45) is 0 Å². The topological polar surface area (TPSA) is 63.8 Å². The van der Waals surface area contributed by atoms with Gasteiger partial charge >= 0.3 is 0 Å². The van der Waals surface area contributed by atoms with E-state index in [-0.39, 0.29) is 0 Å². The summed E-state index contributed by atoms with van der Waals surface area (Å²) in [6.07, 6.45) is 2.56. The zero-order valence-corrected chi connectivity index (χ0v) is 12.0. The van der Waals surface area contributed by atoms with Gasteiger partial charge in [-0.25, -0.2) is 9.97 Å². The molecular formula is C11H13BrN4S. The first-order valence-electron chi connectivity index (χ1n) is 5.24. The minimum absolute atomic E-state index is 0.631. The third kappa shape index (κ3) is 2.76. The Kier molecular flexibility index (Phi) is 3.63. The molecule has 0 aliphatic carbocycles. The number of nitrogens with two attached hydrogens (primary N) is 1. The molecule has 0 atom stereocenters. The lowest BCUT2D eigenvalue weighted by molar-refractivity contribution is 1.04. The minimum atomic E-state index is 0.631. The van der Waals surface area contributed by atoms with Gasteiger partial charge in [0, 0.05) is 4.88 Å². The second-order valence-corrected chi connectivity index (χ2v) is 5.66. The van der Waals surface area contributed by atoms with Gasteiger partial charge in [-0.1, -0.05) is 6.92 Å². The molecular weight excluding hydrogens is 300 g/mol. The van der Waals surface area contributed by atoms with Gasteiger partial charge in [-0.2, -0.15) is 0 Å². The monoisotopic (exact) mass is 312 g/mol. The summed E-state index contributed by atoms with van der Waals surface area (Å²) in [6.45, 7) is 4.18. The molecule has 0 amide bonds. The fraction of sp³-hybridized carbons (Fsp3) is 0.273. The van der Waals surface area contributed by atoms with Gasteiger partial charge in [-0.3, -0.25) is 0 Å². The van der Waals surface area contributed by atoms with Crippen LogP contribution in [0.1, 0.15) is 17.5 Å². The average Bonchev–Trinajstić information content (AvgIpc) is 2.63. The quantitative estimate of drug-likeness (QED) is 0.910. The summed E-state index contributed by atoms with van der Waals surface area (Å²) in [7, 11) is 0. The number of hydrogen-bond acceptors (Lipinski definition) is 5. The summed E-state index contributed by atoms with van der Waals surface area (Å²) < 4.78 is 0.836. The number of hydrogen-bond donors (Lipinski definition) is 2. The number of aryl methyl sites for hydroxylation is 2. The molecule has 0 aromatic carbocycles. The Hall–Kier alpha value is -1.14. The van der Waals surface area contributed by atoms with E-state index in [1.807, 2.05) is 6.07 Å². The highest BCUT2D eigenvalue weighted by Crippen LogP contribution is 2.29. The minimum Gasteiger partial charge on any atom is -0.397 e. The van der Waals surface area contributed by atoms with Crippen molar-refractivity contribution in [3.63, 3.8) is 0 Å². The summed E-state index contributed by atoms with van der Waals surface area (Å²) in [4.78, 5) is 9.96. The van der Waals surface area contributed by atoms with Crippen LogP contribution in [0.25, 0.3) is 0 Å². The van der Waals surface area contributed by atoms with E-state index in [0.29, 0.717) is 5.69 Å². The van der Waals surface area contributed by atoms with Crippen LogP contribution >= 0.6 is 27.3 Å². The summed E-state index contributed by atoms with van der Waals surface area (Å²) >= 11 is 5.05. The molecule has 0 fully saturated rings. The largest absolute Gasteiger partial charge is 0.397 e. The Labute approximate surface area is 112 Å². The van der Waals surface area contributed by atoms with Crippen molar-refractivity contribution >= 4 is 43.9 Å². The summed E-state index contributed by atoms with van der Waals surface area (Å²) in [6, 6.07) is 1.82. The number of halogens is 1. The van der Waals surface area contributed by atoms with Crippen molar-refractivity contribution in [2.75, 3.05) is 11.1 Å². The lowest BCUT2D eigenvalue weighted by Crippen LogP contribution is -1.96. The molecule has 3 N–H and O–H groups in total. The van der Waals surface area contributed by atoms with Crippen molar-refractivity contribution in [3.05, 3.63) is 27.3 Å². The molecule has 0 aliphatic rings. The maximum Gasteiger partial charge on any atom is 0.188 e. The SMILES string of the molecule is CCc1nc(Nc2ncc(N)cc2Br)sc1C.